The monoisotopic (exact) mass is 334 g/mol. The lowest BCUT2D eigenvalue weighted by Gasteiger charge is -2.22. The van der Waals surface area contributed by atoms with Gasteiger partial charge in [0, 0.05) is 35.9 Å². The zero-order valence-electron chi connectivity index (χ0n) is 13.8. The van der Waals surface area contributed by atoms with Crippen LogP contribution < -0.4 is 10.2 Å². The predicted molar refractivity (Wildman–Crippen MR) is 95.8 cm³/mol. The van der Waals surface area contributed by atoms with Gasteiger partial charge in [0.1, 0.15) is 0 Å². The third kappa shape index (κ3) is 4.81. The number of alkyl halides is 1. The lowest BCUT2D eigenvalue weighted by Crippen LogP contribution is -2.21. The second kappa shape index (κ2) is 8.13. The highest BCUT2D eigenvalue weighted by Crippen LogP contribution is 2.24. The van der Waals surface area contributed by atoms with Gasteiger partial charge in [-0.1, -0.05) is 0 Å². The summed E-state index contributed by atoms with van der Waals surface area (Å²) in [5.41, 5.74) is 3.88. The smallest absolute Gasteiger partial charge is 0.230 e. The summed E-state index contributed by atoms with van der Waals surface area (Å²) in [7, 11) is 0. The SMILES string of the molecule is CCN(c1ccc(NCC(O)CCl)cc1)c1nc(C)cc(C)n1. The Bertz CT molecular complexity index is 613. The molecule has 0 aliphatic carbocycles. The fraction of sp³-hybridized carbons (Fsp3) is 0.412. The van der Waals surface area contributed by atoms with Crippen molar-refractivity contribution in [2.45, 2.75) is 26.9 Å². The summed E-state index contributed by atoms with van der Waals surface area (Å²) in [6, 6.07) is 9.94. The van der Waals surface area contributed by atoms with Gasteiger partial charge in [-0.05, 0) is 51.1 Å². The van der Waals surface area contributed by atoms with Crippen molar-refractivity contribution >= 4 is 28.9 Å². The van der Waals surface area contributed by atoms with Gasteiger partial charge in [-0.25, -0.2) is 9.97 Å². The highest BCUT2D eigenvalue weighted by molar-refractivity contribution is 6.18. The Kier molecular flexibility index (Phi) is 6.19. The van der Waals surface area contributed by atoms with Gasteiger partial charge < -0.3 is 15.3 Å². The molecule has 0 radical (unpaired) electrons. The number of benzene rings is 1. The minimum atomic E-state index is -0.549. The Morgan fingerprint density at radius 3 is 2.30 bits per heavy atom. The van der Waals surface area contributed by atoms with Gasteiger partial charge in [0.25, 0.3) is 0 Å². The van der Waals surface area contributed by atoms with Crippen molar-refractivity contribution in [3.8, 4) is 0 Å². The van der Waals surface area contributed by atoms with Crippen LogP contribution in [0, 0.1) is 13.8 Å². The number of anilines is 3. The van der Waals surface area contributed by atoms with Crippen molar-refractivity contribution in [3.05, 3.63) is 41.7 Å². The summed E-state index contributed by atoms with van der Waals surface area (Å²) >= 11 is 5.59. The normalized spacial score (nSPS) is 12.0. The molecule has 0 saturated heterocycles. The molecule has 6 heteroatoms. The average molecular weight is 335 g/mol. The molecule has 0 aliphatic rings. The zero-order valence-corrected chi connectivity index (χ0v) is 14.5. The standard InChI is InChI=1S/C17H23ClN4O/c1-4-22(17-20-12(2)9-13(3)21-17)15-7-5-14(6-8-15)19-11-16(23)10-18/h5-9,16,19,23H,4,10-11H2,1-3H3. The summed E-state index contributed by atoms with van der Waals surface area (Å²) < 4.78 is 0. The molecule has 0 bridgehead atoms. The van der Waals surface area contributed by atoms with E-state index in [1.54, 1.807) is 0 Å². The number of aryl methyl sites for hydroxylation is 2. The number of aliphatic hydroxyl groups is 1. The van der Waals surface area contributed by atoms with Crippen molar-refractivity contribution in [2.75, 3.05) is 29.2 Å². The van der Waals surface area contributed by atoms with E-state index in [1.807, 2.05) is 44.2 Å². The molecule has 0 spiro atoms. The van der Waals surface area contributed by atoms with E-state index >= 15 is 0 Å². The highest BCUT2D eigenvalue weighted by atomic mass is 35.5. The largest absolute Gasteiger partial charge is 0.390 e. The summed E-state index contributed by atoms with van der Waals surface area (Å²) in [5.74, 6) is 0.932. The van der Waals surface area contributed by atoms with Crippen LogP contribution in [0.3, 0.4) is 0 Å². The molecule has 2 aromatic rings. The molecule has 0 amide bonds. The minimum Gasteiger partial charge on any atom is -0.390 e. The van der Waals surface area contributed by atoms with Crippen LogP contribution in [0.4, 0.5) is 17.3 Å². The molecule has 1 atom stereocenters. The minimum absolute atomic E-state index is 0.221. The number of nitrogens with one attached hydrogen (secondary N) is 1. The van der Waals surface area contributed by atoms with Crippen molar-refractivity contribution in [2.24, 2.45) is 0 Å². The third-order valence-electron chi connectivity index (χ3n) is 3.43. The number of nitrogens with zero attached hydrogens (tertiary/aromatic N) is 3. The van der Waals surface area contributed by atoms with E-state index in [0.29, 0.717) is 12.5 Å². The summed E-state index contributed by atoms with van der Waals surface area (Å²) in [5, 5.41) is 12.6. The van der Waals surface area contributed by atoms with Crippen LogP contribution in [0.2, 0.25) is 0 Å². The quantitative estimate of drug-likeness (QED) is 0.761. The van der Waals surface area contributed by atoms with Crippen LogP contribution in [0.25, 0.3) is 0 Å². The molecule has 124 valence electrons. The third-order valence-corrected chi connectivity index (χ3v) is 3.78. The maximum absolute atomic E-state index is 9.48. The molecule has 1 aromatic carbocycles. The number of rotatable bonds is 7. The van der Waals surface area contributed by atoms with Crippen LogP contribution in [-0.2, 0) is 0 Å². The molecule has 2 rings (SSSR count). The molecular weight excluding hydrogens is 312 g/mol. The van der Waals surface area contributed by atoms with Crippen LogP contribution in [0.15, 0.2) is 30.3 Å². The first-order valence-corrected chi connectivity index (χ1v) is 8.24. The van der Waals surface area contributed by atoms with Gasteiger partial charge in [-0.15, -0.1) is 11.6 Å². The average Bonchev–Trinajstić information content (AvgIpc) is 2.53. The molecule has 0 fully saturated rings. The van der Waals surface area contributed by atoms with Crippen LogP contribution in [-0.4, -0.2) is 40.1 Å². The van der Waals surface area contributed by atoms with Crippen LogP contribution >= 0.6 is 11.6 Å². The van der Waals surface area contributed by atoms with Crippen molar-refractivity contribution in [1.82, 2.24) is 9.97 Å². The second-order valence-electron chi connectivity index (χ2n) is 5.43. The van der Waals surface area contributed by atoms with Gasteiger partial charge in [-0.3, -0.25) is 0 Å². The molecular formula is C17H23ClN4O. The molecule has 1 aromatic heterocycles. The number of aromatic nitrogens is 2. The number of hydrogen-bond acceptors (Lipinski definition) is 5. The predicted octanol–water partition coefficient (Wildman–Crippen LogP) is 3.26. The van der Waals surface area contributed by atoms with E-state index in [-0.39, 0.29) is 5.88 Å². The van der Waals surface area contributed by atoms with Gasteiger partial charge >= 0.3 is 0 Å². The molecule has 1 unspecified atom stereocenters. The van der Waals surface area contributed by atoms with E-state index in [2.05, 4.69) is 27.1 Å². The van der Waals surface area contributed by atoms with Crippen molar-refractivity contribution in [1.29, 1.82) is 0 Å². The second-order valence-corrected chi connectivity index (χ2v) is 5.74. The van der Waals surface area contributed by atoms with Crippen molar-refractivity contribution < 1.29 is 5.11 Å². The number of aliphatic hydroxyl groups excluding tert-OH is 1. The number of halogens is 1. The van der Waals surface area contributed by atoms with E-state index in [9.17, 15) is 5.11 Å². The lowest BCUT2D eigenvalue weighted by atomic mass is 10.2. The van der Waals surface area contributed by atoms with Gasteiger partial charge in [0.15, 0.2) is 0 Å². The van der Waals surface area contributed by atoms with Gasteiger partial charge in [0.05, 0.1) is 12.0 Å². The lowest BCUT2D eigenvalue weighted by molar-refractivity contribution is 0.211. The van der Waals surface area contributed by atoms with E-state index in [1.165, 1.54) is 0 Å². The maximum atomic E-state index is 9.48. The topological polar surface area (TPSA) is 61.3 Å². The fourth-order valence-corrected chi connectivity index (χ4v) is 2.43. The zero-order chi connectivity index (χ0) is 16.8. The van der Waals surface area contributed by atoms with Crippen LogP contribution in [0.1, 0.15) is 18.3 Å². The fourth-order valence-electron chi connectivity index (χ4n) is 2.32. The summed E-state index contributed by atoms with van der Waals surface area (Å²) in [6.45, 7) is 7.23. The van der Waals surface area contributed by atoms with Crippen molar-refractivity contribution in [3.63, 3.8) is 0 Å². The Morgan fingerprint density at radius 2 is 1.78 bits per heavy atom. The Balaban J connectivity index is 2.15. The molecule has 2 N–H and O–H groups in total. The first-order valence-electron chi connectivity index (χ1n) is 7.71. The molecule has 0 saturated carbocycles. The van der Waals surface area contributed by atoms with Crippen LogP contribution in [0.5, 0.6) is 0 Å². The molecule has 1 heterocycles. The molecule has 23 heavy (non-hydrogen) atoms. The van der Waals surface area contributed by atoms with E-state index < -0.39 is 6.10 Å². The van der Waals surface area contributed by atoms with Gasteiger partial charge in [-0.2, -0.15) is 0 Å². The highest BCUT2D eigenvalue weighted by Gasteiger charge is 2.11. The summed E-state index contributed by atoms with van der Waals surface area (Å²) in [6.07, 6.45) is -0.549. The molecule has 5 nitrogen and oxygen atoms in total. The maximum Gasteiger partial charge on any atom is 0.230 e. The first kappa shape index (κ1) is 17.5. The Labute approximate surface area is 142 Å². The van der Waals surface area contributed by atoms with E-state index in [0.717, 1.165) is 29.3 Å². The molecule has 0 aliphatic heterocycles. The Morgan fingerprint density at radius 1 is 1.17 bits per heavy atom. The first-order chi connectivity index (χ1) is 11.0. The van der Waals surface area contributed by atoms with Gasteiger partial charge in [0.2, 0.25) is 5.95 Å². The number of hydrogen-bond donors (Lipinski definition) is 2. The Hall–Kier alpha value is -1.85. The van der Waals surface area contributed by atoms with E-state index in [4.69, 9.17) is 11.6 Å². The summed E-state index contributed by atoms with van der Waals surface area (Å²) in [4.78, 5) is 11.1.